The van der Waals surface area contributed by atoms with Gasteiger partial charge in [0.2, 0.25) is 5.88 Å². The highest BCUT2D eigenvalue weighted by atomic mass is 79.9. The molecule has 0 N–H and O–H groups in total. The first-order chi connectivity index (χ1) is 7.74. The summed E-state index contributed by atoms with van der Waals surface area (Å²) < 4.78 is 63.6. The lowest BCUT2D eigenvalue weighted by molar-refractivity contribution is -0.276. The summed E-state index contributed by atoms with van der Waals surface area (Å²) in [5.41, 5.74) is -1.60. The molecule has 0 saturated heterocycles. The summed E-state index contributed by atoms with van der Waals surface area (Å²) in [4.78, 5) is 2.94. The third kappa shape index (κ3) is 3.52. The Kier molecular flexibility index (Phi) is 3.87. The molecule has 0 saturated carbocycles. The Bertz CT molecular complexity index is 468. The average Bonchev–Trinajstić information content (AvgIpc) is 2.13. The molecular weight excluding hydrogens is 315 g/mol. The van der Waals surface area contributed by atoms with Crippen LogP contribution in [0.25, 0.3) is 0 Å². The third-order valence-corrected chi connectivity index (χ3v) is 2.14. The lowest BCUT2D eigenvalue weighted by Gasteiger charge is -2.10. The van der Waals surface area contributed by atoms with E-state index in [9.17, 15) is 22.0 Å². The van der Waals surface area contributed by atoms with Crippen molar-refractivity contribution < 1.29 is 26.7 Å². The summed E-state index contributed by atoms with van der Waals surface area (Å²) in [7, 11) is 0. The molecule has 92 valence electrons. The molecule has 0 spiro atoms. The molecule has 0 atom stereocenters. The van der Waals surface area contributed by atoms with E-state index in [2.05, 4.69) is 25.7 Å². The van der Waals surface area contributed by atoms with Crippen LogP contribution in [0, 0.1) is 11.3 Å². The fourth-order valence-corrected chi connectivity index (χ4v) is 1.44. The summed E-state index contributed by atoms with van der Waals surface area (Å²) in [6.07, 6.45) is -8.22. The number of nitriles is 1. The van der Waals surface area contributed by atoms with Crippen LogP contribution >= 0.6 is 15.9 Å². The summed E-state index contributed by atoms with van der Waals surface area (Å²) in [6.45, 7) is 0. The van der Waals surface area contributed by atoms with Crippen LogP contribution in [0.1, 0.15) is 17.7 Å². The standard InChI is InChI=1S/C8H2BrF5N2O/c9-4-1-5(17-8(12,13)14)16-6(7(10)11)3(4)2-15/h1,7H. The highest BCUT2D eigenvalue weighted by Crippen LogP contribution is 2.31. The minimum absolute atomic E-state index is 0.246. The van der Waals surface area contributed by atoms with E-state index in [0.717, 1.165) is 0 Å². The quantitative estimate of drug-likeness (QED) is 0.784. The molecular formula is C8H2BrF5N2O. The van der Waals surface area contributed by atoms with Gasteiger partial charge in [0, 0.05) is 10.5 Å². The Morgan fingerprint density at radius 1 is 1.41 bits per heavy atom. The maximum Gasteiger partial charge on any atom is 0.574 e. The average molecular weight is 317 g/mol. The van der Waals surface area contributed by atoms with Crippen LogP contribution in [0.3, 0.4) is 0 Å². The number of pyridine rings is 1. The fourth-order valence-electron chi connectivity index (χ4n) is 0.949. The molecule has 0 aliphatic rings. The molecule has 1 heterocycles. The van der Waals surface area contributed by atoms with E-state index >= 15 is 0 Å². The van der Waals surface area contributed by atoms with Crippen molar-refractivity contribution in [2.45, 2.75) is 12.8 Å². The molecule has 9 heteroatoms. The molecule has 0 aromatic carbocycles. The van der Waals surface area contributed by atoms with E-state index in [4.69, 9.17) is 5.26 Å². The molecule has 0 aliphatic carbocycles. The maximum absolute atomic E-state index is 12.4. The van der Waals surface area contributed by atoms with E-state index < -0.39 is 29.9 Å². The molecule has 0 unspecified atom stereocenters. The largest absolute Gasteiger partial charge is 0.574 e. The lowest BCUT2D eigenvalue weighted by atomic mass is 10.2. The second-order valence-electron chi connectivity index (χ2n) is 2.66. The van der Waals surface area contributed by atoms with Crippen molar-refractivity contribution in [1.82, 2.24) is 4.98 Å². The molecule has 17 heavy (non-hydrogen) atoms. The van der Waals surface area contributed by atoms with Crippen molar-refractivity contribution in [2.24, 2.45) is 0 Å². The normalized spacial score (nSPS) is 11.4. The number of hydrogen-bond acceptors (Lipinski definition) is 3. The second kappa shape index (κ2) is 4.83. The Hall–Kier alpha value is -1.43. The van der Waals surface area contributed by atoms with E-state index in [0.29, 0.717) is 6.07 Å². The number of nitrogens with zero attached hydrogens (tertiary/aromatic N) is 2. The molecule has 3 nitrogen and oxygen atoms in total. The van der Waals surface area contributed by atoms with E-state index in [1.807, 2.05) is 0 Å². The predicted octanol–water partition coefficient (Wildman–Crippen LogP) is 3.55. The minimum Gasteiger partial charge on any atom is -0.388 e. The van der Waals surface area contributed by atoms with E-state index in [1.54, 1.807) is 0 Å². The molecule has 0 bridgehead atoms. The first-order valence-corrected chi connectivity index (χ1v) is 4.68. The zero-order valence-corrected chi connectivity index (χ0v) is 9.31. The zero-order valence-electron chi connectivity index (χ0n) is 7.73. The van der Waals surface area contributed by atoms with Crippen LogP contribution in [0.15, 0.2) is 10.5 Å². The number of hydrogen-bond donors (Lipinski definition) is 0. The molecule has 1 rings (SSSR count). The summed E-state index contributed by atoms with van der Waals surface area (Å²) in [5.74, 6) is -1.06. The van der Waals surface area contributed by atoms with Gasteiger partial charge in [0.15, 0.2) is 0 Å². The Labute approximate surface area is 99.9 Å². The van der Waals surface area contributed by atoms with Crippen molar-refractivity contribution in [3.8, 4) is 11.9 Å². The number of halogens is 6. The summed E-state index contributed by atoms with van der Waals surface area (Å²) >= 11 is 2.69. The fraction of sp³-hybridized carbons (Fsp3) is 0.250. The Morgan fingerprint density at radius 2 is 2.00 bits per heavy atom. The molecule has 0 amide bonds. The van der Waals surface area contributed by atoms with Gasteiger partial charge < -0.3 is 4.74 Å². The zero-order chi connectivity index (χ0) is 13.2. The Balaban J connectivity index is 3.26. The first kappa shape index (κ1) is 13.6. The van der Waals surface area contributed by atoms with Crippen LogP contribution in [0.4, 0.5) is 22.0 Å². The van der Waals surface area contributed by atoms with Gasteiger partial charge in [0.1, 0.15) is 11.8 Å². The van der Waals surface area contributed by atoms with E-state index in [1.165, 1.54) is 6.07 Å². The SMILES string of the molecule is N#Cc1c(Br)cc(OC(F)(F)F)nc1C(F)F. The summed E-state index contributed by atoms with van der Waals surface area (Å²) in [6, 6.07) is 2.10. The molecule has 0 aliphatic heterocycles. The van der Waals surface area contributed by atoms with Gasteiger partial charge in [-0.05, 0) is 15.9 Å². The first-order valence-electron chi connectivity index (χ1n) is 3.89. The highest BCUT2D eigenvalue weighted by molar-refractivity contribution is 9.10. The van der Waals surface area contributed by atoms with Crippen molar-refractivity contribution in [3.05, 3.63) is 21.8 Å². The minimum atomic E-state index is -5.04. The number of alkyl halides is 5. The second-order valence-corrected chi connectivity index (χ2v) is 3.52. The van der Waals surface area contributed by atoms with Crippen molar-refractivity contribution in [2.75, 3.05) is 0 Å². The smallest absolute Gasteiger partial charge is 0.388 e. The predicted molar refractivity (Wildman–Crippen MR) is 48.3 cm³/mol. The van der Waals surface area contributed by atoms with Gasteiger partial charge >= 0.3 is 6.36 Å². The van der Waals surface area contributed by atoms with Crippen molar-refractivity contribution in [3.63, 3.8) is 0 Å². The summed E-state index contributed by atoms with van der Waals surface area (Å²) in [5, 5.41) is 8.56. The number of aromatic nitrogens is 1. The molecule has 1 aromatic heterocycles. The lowest BCUT2D eigenvalue weighted by Crippen LogP contribution is -2.18. The van der Waals surface area contributed by atoms with Gasteiger partial charge in [0.25, 0.3) is 6.43 Å². The van der Waals surface area contributed by atoms with Gasteiger partial charge in [-0.3, -0.25) is 0 Å². The van der Waals surface area contributed by atoms with Gasteiger partial charge in [-0.25, -0.2) is 13.8 Å². The number of ether oxygens (including phenoxy) is 1. The van der Waals surface area contributed by atoms with Gasteiger partial charge in [-0.15, -0.1) is 13.2 Å². The monoisotopic (exact) mass is 316 g/mol. The number of rotatable bonds is 2. The molecule has 1 aromatic rings. The van der Waals surface area contributed by atoms with Crippen LogP contribution in [-0.4, -0.2) is 11.3 Å². The van der Waals surface area contributed by atoms with Crippen molar-refractivity contribution in [1.29, 1.82) is 5.26 Å². The van der Waals surface area contributed by atoms with Crippen LogP contribution in [-0.2, 0) is 0 Å². The Morgan fingerprint density at radius 3 is 2.41 bits per heavy atom. The van der Waals surface area contributed by atoms with Crippen LogP contribution in [0.2, 0.25) is 0 Å². The molecule has 0 radical (unpaired) electrons. The van der Waals surface area contributed by atoms with E-state index in [-0.39, 0.29) is 4.47 Å². The molecule has 0 fully saturated rings. The van der Waals surface area contributed by atoms with Crippen molar-refractivity contribution >= 4 is 15.9 Å². The topological polar surface area (TPSA) is 45.9 Å². The third-order valence-electron chi connectivity index (χ3n) is 1.51. The van der Waals surface area contributed by atoms with Gasteiger partial charge in [-0.2, -0.15) is 5.26 Å². The van der Waals surface area contributed by atoms with Gasteiger partial charge in [-0.1, -0.05) is 0 Å². The maximum atomic E-state index is 12.4. The van der Waals surface area contributed by atoms with Crippen LogP contribution in [0.5, 0.6) is 5.88 Å². The van der Waals surface area contributed by atoms with Crippen LogP contribution < -0.4 is 4.74 Å². The van der Waals surface area contributed by atoms with Gasteiger partial charge in [0.05, 0.1) is 5.56 Å². The highest BCUT2D eigenvalue weighted by Gasteiger charge is 2.33.